The molecule has 0 fully saturated rings. The molecule has 0 aliphatic rings. The number of hydrogen-bond donors (Lipinski definition) is 1. The summed E-state index contributed by atoms with van der Waals surface area (Å²) in [5.41, 5.74) is 0.954. The summed E-state index contributed by atoms with van der Waals surface area (Å²) >= 11 is 1.76. The lowest BCUT2D eigenvalue weighted by molar-refractivity contribution is 0.265. The number of nitrogens with two attached hydrogens (primary N) is 1. The molecule has 2 rings (SSSR count). The van der Waals surface area contributed by atoms with Gasteiger partial charge in [0, 0.05) is 17.5 Å². The van der Waals surface area contributed by atoms with E-state index < -0.39 is 10.0 Å². The van der Waals surface area contributed by atoms with Crippen LogP contribution in [0.25, 0.3) is 0 Å². The Morgan fingerprint density at radius 2 is 2.05 bits per heavy atom. The zero-order valence-corrected chi connectivity index (χ0v) is 13.8. The van der Waals surface area contributed by atoms with Crippen LogP contribution in [0, 0.1) is 0 Å². The van der Waals surface area contributed by atoms with E-state index in [2.05, 4.69) is 29.3 Å². The molecule has 0 amide bonds. The van der Waals surface area contributed by atoms with Gasteiger partial charge < -0.3 is 0 Å². The second kappa shape index (κ2) is 6.70. The Balaban J connectivity index is 2.06. The normalized spacial score (nSPS) is 13.5. The first-order valence-electron chi connectivity index (χ1n) is 6.73. The van der Waals surface area contributed by atoms with E-state index in [0.29, 0.717) is 0 Å². The van der Waals surface area contributed by atoms with E-state index in [9.17, 15) is 8.42 Å². The highest BCUT2D eigenvalue weighted by Gasteiger charge is 2.15. The molecular weight excluding hydrogens is 304 g/mol. The van der Waals surface area contributed by atoms with E-state index in [1.54, 1.807) is 23.5 Å². The summed E-state index contributed by atoms with van der Waals surface area (Å²) in [6.45, 7) is 2.98. The number of likely N-dealkylation sites (N-methyl/N-ethyl adjacent to an activating group) is 1. The van der Waals surface area contributed by atoms with Crippen LogP contribution in [-0.4, -0.2) is 26.9 Å². The van der Waals surface area contributed by atoms with Gasteiger partial charge in [-0.15, -0.1) is 11.3 Å². The van der Waals surface area contributed by atoms with Gasteiger partial charge in [0.15, 0.2) is 0 Å². The molecule has 6 heteroatoms. The highest BCUT2D eigenvalue weighted by molar-refractivity contribution is 7.89. The maximum absolute atomic E-state index is 11.4. The SMILES string of the molecule is C[C@H](c1cccc(S(N)(=O)=O)c1)N(C)CCc1cccs1. The minimum Gasteiger partial charge on any atom is -0.299 e. The van der Waals surface area contributed by atoms with Crippen molar-refractivity contribution in [3.8, 4) is 0 Å². The summed E-state index contributed by atoms with van der Waals surface area (Å²) in [4.78, 5) is 3.73. The monoisotopic (exact) mass is 324 g/mol. The number of hydrogen-bond acceptors (Lipinski definition) is 4. The molecule has 2 N–H and O–H groups in total. The second-order valence-electron chi connectivity index (χ2n) is 5.10. The molecule has 2 aromatic rings. The van der Waals surface area contributed by atoms with E-state index in [1.165, 1.54) is 10.9 Å². The summed E-state index contributed by atoms with van der Waals surface area (Å²) in [5.74, 6) is 0. The van der Waals surface area contributed by atoms with Crippen LogP contribution in [0.4, 0.5) is 0 Å². The molecule has 4 nitrogen and oxygen atoms in total. The van der Waals surface area contributed by atoms with Gasteiger partial charge in [0.05, 0.1) is 4.90 Å². The number of nitrogens with zero attached hydrogens (tertiary/aromatic N) is 1. The fourth-order valence-corrected chi connectivity index (χ4v) is 3.41. The topological polar surface area (TPSA) is 63.4 Å². The van der Waals surface area contributed by atoms with Gasteiger partial charge in [-0.3, -0.25) is 4.90 Å². The van der Waals surface area contributed by atoms with Crippen molar-refractivity contribution < 1.29 is 8.42 Å². The maximum Gasteiger partial charge on any atom is 0.238 e. The van der Waals surface area contributed by atoms with Gasteiger partial charge in [0.1, 0.15) is 0 Å². The van der Waals surface area contributed by atoms with Gasteiger partial charge in [0.2, 0.25) is 10.0 Å². The molecule has 0 radical (unpaired) electrons. The first-order chi connectivity index (χ1) is 9.88. The molecule has 1 atom stereocenters. The van der Waals surface area contributed by atoms with Crippen molar-refractivity contribution in [3.05, 3.63) is 52.2 Å². The van der Waals surface area contributed by atoms with Gasteiger partial charge in [-0.05, 0) is 49.5 Å². The lowest BCUT2D eigenvalue weighted by Gasteiger charge is -2.25. The molecule has 0 saturated carbocycles. The molecule has 0 aliphatic heterocycles. The van der Waals surface area contributed by atoms with E-state index in [0.717, 1.165) is 18.5 Å². The number of benzene rings is 1. The van der Waals surface area contributed by atoms with E-state index in [-0.39, 0.29) is 10.9 Å². The van der Waals surface area contributed by atoms with Crippen molar-refractivity contribution in [2.45, 2.75) is 24.3 Å². The van der Waals surface area contributed by atoms with Gasteiger partial charge >= 0.3 is 0 Å². The zero-order valence-electron chi connectivity index (χ0n) is 12.2. The van der Waals surface area contributed by atoms with Crippen LogP contribution >= 0.6 is 11.3 Å². The number of thiophene rings is 1. The van der Waals surface area contributed by atoms with Crippen LogP contribution in [-0.2, 0) is 16.4 Å². The quantitative estimate of drug-likeness (QED) is 0.888. The van der Waals surface area contributed by atoms with Crippen LogP contribution in [0.2, 0.25) is 0 Å². The van der Waals surface area contributed by atoms with Gasteiger partial charge in [0.25, 0.3) is 0 Å². The lowest BCUT2D eigenvalue weighted by atomic mass is 10.1. The summed E-state index contributed by atoms with van der Waals surface area (Å²) in [7, 11) is -1.61. The van der Waals surface area contributed by atoms with Gasteiger partial charge in [-0.2, -0.15) is 0 Å². The summed E-state index contributed by atoms with van der Waals surface area (Å²) in [6, 6.07) is 11.2. The van der Waals surface area contributed by atoms with Crippen LogP contribution in [0.1, 0.15) is 23.4 Å². The van der Waals surface area contributed by atoms with Crippen molar-refractivity contribution in [2.75, 3.05) is 13.6 Å². The highest BCUT2D eigenvalue weighted by atomic mass is 32.2. The Labute approximate surface area is 130 Å². The first-order valence-corrected chi connectivity index (χ1v) is 9.16. The Kier molecular flexibility index (Phi) is 5.16. The summed E-state index contributed by atoms with van der Waals surface area (Å²) in [6.07, 6.45) is 0.993. The minimum absolute atomic E-state index is 0.131. The predicted octanol–water partition coefficient (Wildman–Crippen LogP) is 2.63. The summed E-state index contributed by atoms with van der Waals surface area (Å²) in [5, 5.41) is 7.26. The number of primary sulfonamides is 1. The molecular formula is C15H20N2O2S2. The average molecular weight is 324 g/mol. The van der Waals surface area contributed by atoms with Crippen molar-refractivity contribution in [1.29, 1.82) is 0 Å². The number of rotatable bonds is 6. The maximum atomic E-state index is 11.4. The van der Waals surface area contributed by atoms with Crippen molar-refractivity contribution in [1.82, 2.24) is 4.90 Å². The lowest BCUT2D eigenvalue weighted by Crippen LogP contribution is -2.25. The van der Waals surface area contributed by atoms with Crippen molar-refractivity contribution >= 4 is 21.4 Å². The molecule has 114 valence electrons. The van der Waals surface area contributed by atoms with Crippen molar-refractivity contribution in [3.63, 3.8) is 0 Å². The third-order valence-electron chi connectivity index (χ3n) is 3.62. The molecule has 0 saturated heterocycles. The first kappa shape index (κ1) is 16.2. The van der Waals surface area contributed by atoms with E-state index >= 15 is 0 Å². The molecule has 0 bridgehead atoms. The molecule has 0 spiro atoms. The standard InChI is InChI=1S/C15H20N2O2S2/c1-12(17(2)9-8-14-6-4-10-20-14)13-5-3-7-15(11-13)21(16,18)19/h3-7,10-12H,8-9H2,1-2H3,(H2,16,18,19)/t12-/m1/s1. The van der Waals surface area contributed by atoms with Crippen LogP contribution < -0.4 is 5.14 Å². The predicted molar refractivity (Wildman–Crippen MR) is 86.9 cm³/mol. The fourth-order valence-electron chi connectivity index (χ4n) is 2.14. The Bertz CT molecular complexity index is 681. The average Bonchev–Trinajstić information content (AvgIpc) is 2.96. The largest absolute Gasteiger partial charge is 0.299 e. The van der Waals surface area contributed by atoms with Gasteiger partial charge in [-0.1, -0.05) is 18.2 Å². The van der Waals surface area contributed by atoms with E-state index in [4.69, 9.17) is 5.14 Å². The smallest absolute Gasteiger partial charge is 0.238 e. The Hall–Kier alpha value is -1.21. The number of sulfonamides is 1. The minimum atomic E-state index is -3.65. The van der Waals surface area contributed by atoms with Gasteiger partial charge in [-0.25, -0.2) is 13.6 Å². The van der Waals surface area contributed by atoms with Crippen LogP contribution in [0.5, 0.6) is 0 Å². The van der Waals surface area contributed by atoms with Crippen molar-refractivity contribution in [2.24, 2.45) is 5.14 Å². The zero-order chi connectivity index (χ0) is 15.5. The molecule has 0 aliphatic carbocycles. The van der Waals surface area contributed by atoms with Crippen LogP contribution in [0.15, 0.2) is 46.7 Å². The Morgan fingerprint density at radius 3 is 2.67 bits per heavy atom. The Morgan fingerprint density at radius 1 is 1.29 bits per heavy atom. The molecule has 1 aromatic heterocycles. The molecule has 1 aromatic carbocycles. The molecule has 21 heavy (non-hydrogen) atoms. The van der Waals surface area contributed by atoms with E-state index in [1.807, 2.05) is 13.1 Å². The third kappa shape index (κ3) is 4.38. The fraction of sp³-hybridized carbons (Fsp3) is 0.333. The molecule has 0 unspecified atom stereocenters. The van der Waals surface area contributed by atoms with Crippen LogP contribution in [0.3, 0.4) is 0 Å². The third-order valence-corrected chi connectivity index (χ3v) is 5.47. The second-order valence-corrected chi connectivity index (χ2v) is 7.70. The summed E-state index contributed by atoms with van der Waals surface area (Å²) < 4.78 is 22.8. The highest BCUT2D eigenvalue weighted by Crippen LogP contribution is 2.22. The molecule has 1 heterocycles.